The number of methoxy groups -OCH3 is 1. The van der Waals surface area contributed by atoms with Crippen LogP contribution >= 0.6 is 0 Å². The van der Waals surface area contributed by atoms with Crippen LogP contribution < -0.4 is 4.72 Å². The van der Waals surface area contributed by atoms with Gasteiger partial charge in [-0.15, -0.1) is 0 Å². The summed E-state index contributed by atoms with van der Waals surface area (Å²) in [6.45, 7) is 2.07. The van der Waals surface area contributed by atoms with Crippen LogP contribution in [0.15, 0.2) is 23.1 Å². The summed E-state index contributed by atoms with van der Waals surface area (Å²) in [5.41, 5.74) is -0.465. The molecule has 1 aromatic rings. The lowest BCUT2D eigenvalue weighted by atomic mass is 9.92. The highest BCUT2D eigenvalue weighted by Gasteiger charge is 2.38. The van der Waals surface area contributed by atoms with Crippen molar-refractivity contribution in [3.05, 3.63) is 29.6 Å². The van der Waals surface area contributed by atoms with Crippen LogP contribution in [-0.2, 0) is 24.8 Å². The first kappa shape index (κ1) is 20.2. The molecule has 1 aliphatic heterocycles. The molecule has 0 radical (unpaired) electrons. The Kier molecular flexibility index (Phi) is 5.89. The highest BCUT2D eigenvalue weighted by Crippen LogP contribution is 2.27. The molecule has 0 aliphatic carbocycles. The van der Waals surface area contributed by atoms with Crippen LogP contribution in [-0.4, -0.2) is 59.7 Å². The van der Waals surface area contributed by atoms with E-state index in [4.69, 9.17) is 4.74 Å². The lowest BCUT2D eigenvalue weighted by Gasteiger charge is -2.39. The van der Waals surface area contributed by atoms with Crippen molar-refractivity contribution in [2.75, 3.05) is 33.0 Å². The minimum absolute atomic E-state index is 0.00808. The third-order valence-corrected chi connectivity index (χ3v) is 7.41. The van der Waals surface area contributed by atoms with Gasteiger partial charge in [-0.05, 0) is 43.5 Å². The summed E-state index contributed by atoms with van der Waals surface area (Å²) in [5, 5.41) is 0. The quantitative estimate of drug-likeness (QED) is 0.772. The van der Waals surface area contributed by atoms with Crippen molar-refractivity contribution in [3.8, 4) is 0 Å². The maximum absolute atomic E-state index is 13.2. The molecule has 1 N–H and O–H groups in total. The standard InChI is InChI=1S/C15H23FN2O5S2/c1-12-10-13(16)4-5-14(12)25(21,22)17-11-15(23-2)6-8-18(9-7-15)24(3,19)20/h4-5,10,17H,6-9,11H2,1-3H3. The second kappa shape index (κ2) is 7.28. The number of sulfonamides is 2. The molecular weight excluding hydrogens is 371 g/mol. The summed E-state index contributed by atoms with van der Waals surface area (Å²) in [6.07, 6.45) is 1.90. The number of nitrogens with one attached hydrogen (secondary N) is 1. The maximum Gasteiger partial charge on any atom is 0.240 e. The van der Waals surface area contributed by atoms with Crippen molar-refractivity contribution >= 4 is 20.0 Å². The van der Waals surface area contributed by atoms with E-state index < -0.39 is 31.5 Å². The van der Waals surface area contributed by atoms with Gasteiger partial charge < -0.3 is 4.74 Å². The summed E-state index contributed by atoms with van der Waals surface area (Å²) in [6, 6.07) is 3.47. The van der Waals surface area contributed by atoms with Crippen LogP contribution in [0.25, 0.3) is 0 Å². The first-order valence-electron chi connectivity index (χ1n) is 7.75. The lowest BCUT2D eigenvalue weighted by Crippen LogP contribution is -2.52. The van der Waals surface area contributed by atoms with Gasteiger partial charge in [0, 0.05) is 26.7 Å². The number of rotatable bonds is 6. The topological polar surface area (TPSA) is 92.8 Å². The Hall–Kier alpha value is -1.07. The minimum Gasteiger partial charge on any atom is -0.377 e. The molecule has 0 aromatic heterocycles. The van der Waals surface area contributed by atoms with Crippen molar-refractivity contribution in [1.82, 2.24) is 9.03 Å². The van der Waals surface area contributed by atoms with E-state index in [1.807, 2.05) is 0 Å². The number of nitrogens with zero attached hydrogens (tertiary/aromatic N) is 1. The molecular formula is C15H23FN2O5S2. The minimum atomic E-state index is -3.83. The van der Waals surface area contributed by atoms with Gasteiger partial charge in [0.05, 0.1) is 16.8 Å². The second-order valence-electron chi connectivity index (χ2n) is 6.28. The van der Waals surface area contributed by atoms with Gasteiger partial charge in [-0.3, -0.25) is 0 Å². The predicted octanol–water partition coefficient (Wildman–Crippen LogP) is 0.853. The second-order valence-corrected chi connectivity index (χ2v) is 10.0. The molecule has 7 nitrogen and oxygen atoms in total. The zero-order valence-corrected chi connectivity index (χ0v) is 16.1. The van der Waals surface area contributed by atoms with Gasteiger partial charge in [-0.25, -0.2) is 30.3 Å². The van der Waals surface area contributed by atoms with E-state index >= 15 is 0 Å². The highest BCUT2D eigenvalue weighted by molar-refractivity contribution is 7.89. The van der Waals surface area contributed by atoms with E-state index in [1.54, 1.807) is 0 Å². The molecule has 1 aliphatic rings. The van der Waals surface area contributed by atoms with Crippen LogP contribution in [0.5, 0.6) is 0 Å². The number of hydrogen-bond acceptors (Lipinski definition) is 5. The van der Waals surface area contributed by atoms with Crippen LogP contribution in [0.2, 0.25) is 0 Å². The fraction of sp³-hybridized carbons (Fsp3) is 0.600. The summed E-state index contributed by atoms with van der Waals surface area (Å²) >= 11 is 0. The van der Waals surface area contributed by atoms with E-state index in [2.05, 4.69) is 4.72 Å². The van der Waals surface area contributed by atoms with Crippen LogP contribution in [0.4, 0.5) is 4.39 Å². The number of halogens is 1. The Balaban J connectivity index is 2.10. The molecule has 0 unspecified atom stereocenters. The number of benzene rings is 1. The molecule has 0 atom stereocenters. The average Bonchev–Trinajstić information content (AvgIpc) is 2.52. The van der Waals surface area contributed by atoms with E-state index in [9.17, 15) is 21.2 Å². The number of hydrogen-bond donors (Lipinski definition) is 1. The smallest absolute Gasteiger partial charge is 0.240 e. The Morgan fingerprint density at radius 1 is 1.24 bits per heavy atom. The van der Waals surface area contributed by atoms with Crippen molar-refractivity contribution in [2.45, 2.75) is 30.3 Å². The Bertz CT molecular complexity index is 831. The number of ether oxygens (including phenoxy) is 1. The monoisotopic (exact) mass is 394 g/mol. The SMILES string of the molecule is COC1(CNS(=O)(=O)c2ccc(F)cc2C)CCN(S(C)(=O)=O)CC1. The summed E-state index contributed by atoms with van der Waals surface area (Å²) in [5.74, 6) is -0.502. The number of piperidine rings is 1. The summed E-state index contributed by atoms with van der Waals surface area (Å²) in [4.78, 5) is 0.00808. The third-order valence-electron chi connectivity index (χ3n) is 4.55. The van der Waals surface area contributed by atoms with E-state index in [0.29, 0.717) is 18.4 Å². The van der Waals surface area contributed by atoms with Gasteiger partial charge in [0.1, 0.15) is 5.82 Å². The van der Waals surface area contributed by atoms with Gasteiger partial charge in [-0.2, -0.15) is 0 Å². The molecule has 1 saturated heterocycles. The zero-order chi connectivity index (χ0) is 18.9. The van der Waals surface area contributed by atoms with Crippen LogP contribution in [0, 0.1) is 12.7 Å². The molecule has 25 heavy (non-hydrogen) atoms. The molecule has 142 valence electrons. The molecule has 0 bridgehead atoms. The molecule has 1 aromatic carbocycles. The first-order valence-corrected chi connectivity index (χ1v) is 11.1. The molecule has 0 spiro atoms. The normalized spacial score (nSPS) is 19.0. The van der Waals surface area contributed by atoms with E-state index in [-0.39, 0.29) is 24.5 Å². The van der Waals surface area contributed by atoms with E-state index in [0.717, 1.165) is 18.4 Å². The maximum atomic E-state index is 13.2. The Labute approximate surface area is 148 Å². The molecule has 0 saturated carbocycles. The largest absolute Gasteiger partial charge is 0.377 e. The predicted molar refractivity (Wildman–Crippen MR) is 91.7 cm³/mol. The van der Waals surface area contributed by atoms with Crippen molar-refractivity contribution in [1.29, 1.82) is 0 Å². The molecule has 1 fully saturated rings. The van der Waals surface area contributed by atoms with Crippen LogP contribution in [0.3, 0.4) is 0 Å². The lowest BCUT2D eigenvalue weighted by molar-refractivity contribution is -0.0401. The van der Waals surface area contributed by atoms with Gasteiger partial charge >= 0.3 is 0 Å². The van der Waals surface area contributed by atoms with Crippen LogP contribution in [0.1, 0.15) is 18.4 Å². The molecule has 10 heteroatoms. The number of aryl methyl sites for hydroxylation is 1. The summed E-state index contributed by atoms with van der Waals surface area (Å²) in [7, 11) is -5.62. The van der Waals surface area contributed by atoms with Crippen molar-refractivity contribution in [2.24, 2.45) is 0 Å². The average molecular weight is 394 g/mol. The Morgan fingerprint density at radius 2 is 1.84 bits per heavy atom. The van der Waals surface area contributed by atoms with Gasteiger partial charge in [-0.1, -0.05) is 0 Å². The van der Waals surface area contributed by atoms with E-state index in [1.165, 1.54) is 24.4 Å². The molecule has 2 rings (SSSR count). The Morgan fingerprint density at radius 3 is 2.32 bits per heavy atom. The van der Waals surface area contributed by atoms with Gasteiger partial charge in [0.2, 0.25) is 20.0 Å². The molecule has 1 heterocycles. The highest BCUT2D eigenvalue weighted by atomic mass is 32.2. The first-order chi connectivity index (χ1) is 11.5. The summed E-state index contributed by atoms with van der Waals surface area (Å²) < 4.78 is 70.7. The third kappa shape index (κ3) is 4.76. The van der Waals surface area contributed by atoms with Crippen molar-refractivity contribution < 1.29 is 26.0 Å². The van der Waals surface area contributed by atoms with Gasteiger partial charge in [0.25, 0.3) is 0 Å². The molecule has 0 amide bonds. The fourth-order valence-corrected chi connectivity index (χ4v) is 5.08. The zero-order valence-electron chi connectivity index (χ0n) is 14.5. The fourth-order valence-electron chi connectivity index (χ4n) is 2.90. The van der Waals surface area contributed by atoms with Crippen molar-refractivity contribution in [3.63, 3.8) is 0 Å². The van der Waals surface area contributed by atoms with Gasteiger partial charge in [0.15, 0.2) is 0 Å².